The van der Waals surface area contributed by atoms with E-state index in [0.717, 1.165) is 11.1 Å². The van der Waals surface area contributed by atoms with E-state index in [2.05, 4.69) is 9.12 Å². The molecule has 0 saturated carbocycles. The lowest BCUT2D eigenvalue weighted by Crippen LogP contribution is -2.44. The fourth-order valence-electron chi connectivity index (χ4n) is 3.99. The van der Waals surface area contributed by atoms with E-state index in [1.807, 2.05) is 42.5 Å². The minimum absolute atomic E-state index is 0.00561. The Morgan fingerprint density at radius 2 is 1.59 bits per heavy atom. The fraction of sp³-hybridized carbons (Fsp3) is 0.200. The fourth-order valence-corrected chi connectivity index (χ4v) is 5.65. The zero-order chi connectivity index (χ0) is 28.2. The van der Waals surface area contributed by atoms with Crippen molar-refractivity contribution in [2.24, 2.45) is 14.6 Å². The molecule has 1 aliphatic rings. The number of nitrogens with zero attached hydrogens (tertiary/aromatic N) is 4. The maximum Gasteiger partial charge on any atom is 0.285 e. The van der Waals surface area contributed by atoms with Crippen LogP contribution in [0.3, 0.4) is 0 Å². The number of hydrogen-bond acceptors (Lipinski definition) is 5. The first-order valence-corrected chi connectivity index (χ1v) is 15.4. The van der Waals surface area contributed by atoms with Gasteiger partial charge in [-0.3, -0.25) is 0 Å². The Bertz CT molecular complexity index is 1580. The summed E-state index contributed by atoms with van der Waals surface area (Å²) in [7, 11) is -6.53. The van der Waals surface area contributed by atoms with Gasteiger partial charge in [0.15, 0.2) is 0 Å². The smallest absolute Gasteiger partial charge is 0.285 e. The number of hydrazone groups is 1. The molecule has 1 aliphatic heterocycles. The lowest BCUT2D eigenvalue weighted by molar-refractivity contribution is 0.375. The van der Waals surface area contributed by atoms with Crippen molar-refractivity contribution in [1.29, 1.82) is 0 Å². The number of likely N-dealkylation sites (N-methyl/N-ethyl adjacent to an activating group) is 1. The summed E-state index contributed by atoms with van der Waals surface area (Å²) < 4.78 is 55.7. The van der Waals surface area contributed by atoms with Crippen LogP contribution in [-0.4, -0.2) is 65.1 Å². The molecular weight excluding hydrogens is 583 g/mol. The van der Waals surface area contributed by atoms with Gasteiger partial charge in [-0.2, -0.15) is 21.9 Å². The Morgan fingerprint density at radius 1 is 1.00 bits per heavy atom. The minimum Gasteiger partial charge on any atom is -0.342 e. The first-order chi connectivity index (χ1) is 18.4. The third-order valence-corrected chi connectivity index (χ3v) is 8.27. The van der Waals surface area contributed by atoms with Gasteiger partial charge in [-0.1, -0.05) is 65.7 Å². The van der Waals surface area contributed by atoms with Crippen LogP contribution in [0, 0.1) is 0 Å². The van der Waals surface area contributed by atoms with Crippen LogP contribution in [0.15, 0.2) is 93.3 Å². The molecule has 3 N–H and O–H groups in total. The average molecular weight is 610 g/mol. The predicted octanol–water partition coefficient (Wildman–Crippen LogP) is 3.27. The Morgan fingerprint density at radius 3 is 2.18 bits per heavy atom. The highest BCUT2D eigenvalue weighted by Gasteiger charge is 2.34. The molecule has 39 heavy (non-hydrogen) atoms. The number of halogens is 2. The Labute approximate surface area is 238 Å². The first kappa shape index (κ1) is 29.0. The molecule has 1 atom stereocenters. The molecule has 0 unspecified atom stereocenters. The number of rotatable bonds is 8. The lowest BCUT2D eigenvalue weighted by atomic mass is 9.91. The summed E-state index contributed by atoms with van der Waals surface area (Å²) in [5.74, 6) is -0.210. The summed E-state index contributed by atoms with van der Waals surface area (Å²) in [5.41, 5.74) is 2.49. The van der Waals surface area contributed by atoms with Crippen molar-refractivity contribution in [3.63, 3.8) is 0 Å². The molecule has 3 aromatic rings. The van der Waals surface area contributed by atoms with Gasteiger partial charge in [0.2, 0.25) is 5.96 Å². The van der Waals surface area contributed by atoms with Gasteiger partial charge in [0, 0.05) is 36.1 Å². The van der Waals surface area contributed by atoms with E-state index >= 15 is 0 Å². The van der Waals surface area contributed by atoms with Gasteiger partial charge in [0.1, 0.15) is 0 Å². The molecule has 3 aromatic carbocycles. The molecule has 14 heteroatoms. The molecule has 206 valence electrons. The zero-order valence-electron chi connectivity index (χ0n) is 20.8. The number of sulfonamides is 1. The Balaban J connectivity index is 1.77. The molecule has 0 aromatic heterocycles. The van der Waals surface area contributed by atoms with Crippen molar-refractivity contribution < 1.29 is 16.8 Å². The molecule has 10 nitrogen and oxygen atoms in total. The Hall–Kier alpha value is -3.00. The topological polar surface area (TPSA) is 138 Å². The van der Waals surface area contributed by atoms with Gasteiger partial charge in [-0.15, -0.1) is 4.40 Å². The second-order valence-corrected chi connectivity index (χ2v) is 12.6. The van der Waals surface area contributed by atoms with Crippen molar-refractivity contribution in [1.82, 2.24) is 14.6 Å². The molecule has 0 amide bonds. The second kappa shape index (κ2) is 12.0. The largest absolute Gasteiger partial charge is 0.342 e. The summed E-state index contributed by atoms with van der Waals surface area (Å²) in [6, 6.07) is 22.6. The van der Waals surface area contributed by atoms with Gasteiger partial charge in [-0.05, 0) is 47.5 Å². The van der Waals surface area contributed by atoms with Gasteiger partial charge in [-0.25, -0.2) is 14.9 Å². The summed E-state index contributed by atoms with van der Waals surface area (Å²) >= 11 is 12.0. The third-order valence-electron chi connectivity index (χ3n) is 5.89. The molecule has 0 saturated heterocycles. The average Bonchev–Trinajstić information content (AvgIpc) is 3.33. The first-order valence-electron chi connectivity index (χ1n) is 11.7. The maximum atomic E-state index is 13.3. The van der Waals surface area contributed by atoms with Crippen LogP contribution >= 0.6 is 23.2 Å². The van der Waals surface area contributed by atoms with Crippen LogP contribution < -0.4 is 9.86 Å². The molecule has 0 aliphatic carbocycles. The zero-order valence-corrected chi connectivity index (χ0v) is 23.9. The van der Waals surface area contributed by atoms with E-state index in [1.165, 1.54) is 34.2 Å². The van der Waals surface area contributed by atoms with Crippen LogP contribution in [0.2, 0.25) is 10.0 Å². The highest BCUT2D eigenvalue weighted by molar-refractivity contribution is 7.90. The van der Waals surface area contributed by atoms with Gasteiger partial charge < -0.3 is 4.90 Å². The summed E-state index contributed by atoms with van der Waals surface area (Å²) in [6.45, 7) is 0.257. The number of guanidine groups is 1. The van der Waals surface area contributed by atoms with Gasteiger partial charge in [0.25, 0.3) is 20.2 Å². The van der Waals surface area contributed by atoms with Gasteiger partial charge in [0.05, 0.1) is 17.2 Å². The molecule has 0 bridgehead atoms. The van der Waals surface area contributed by atoms with Crippen molar-refractivity contribution in [3.8, 4) is 0 Å². The number of nitrogens with two attached hydrogens (primary N) is 1. The van der Waals surface area contributed by atoms with Crippen LogP contribution in [0.4, 0.5) is 0 Å². The summed E-state index contributed by atoms with van der Waals surface area (Å²) in [5, 5.41) is 12.3. The quantitative estimate of drug-likeness (QED) is 0.297. The van der Waals surface area contributed by atoms with Crippen molar-refractivity contribution in [2.75, 3.05) is 26.7 Å². The standard InChI is InChI=1S/C25H26Cl2N6O4S2/c1-32(16-15-29-39(28,36)37)25(31-38(34,35)22-13-11-21(27)12-14-22)33-17-23(18-5-3-2-4-6-18)24(30-33)19-7-9-20(26)10-8-19/h2-14,23,29H,15-17H2,1H3,(H2,28,36,37)/b31-25+/t23-/m1/s1. The lowest BCUT2D eigenvalue weighted by Gasteiger charge is -2.26. The van der Waals surface area contributed by atoms with Gasteiger partial charge >= 0.3 is 0 Å². The van der Waals surface area contributed by atoms with Crippen molar-refractivity contribution in [3.05, 3.63) is 100 Å². The molecule has 0 fully saturated rings. The minimum atomic E-state index is -4.19. The van der Waals surface area contributed by atoms with E-state index in [1.54, 1.807) is 19.2 Å². The van der Waals surface area contributed by atoms with Crippen LogP contribution in [-0.2, 0) is 20.2 Å². The number of benzene rings is 3. The van der Waals surface area contributed by atoms with E-state index < -0.39 is 20.2 Å². The second-order valence-electron chi connectivity index (χ2n) is 8.72. The molecular formula is C25H26Cl2N6O4S2. The van der Waals surface area contributed by atoms with E-state index in [9.17, 15) is 16.8 Å². The molecule has 0 spiro atoms. The van der Waals surface area contributed by atoms with Crippen molar-refractivity contribution >= 4 is 55.1 Å². The monoisotopic (exact) mass is 608 g/mol. The summed E-state index contributed by atoms with van der Waals surface area (Å²) in [4.78, 5) is 1.45. The molecule has 4 rings (SSSR count). The number of nitrogens with one attached hydrogen (secondary N) is 1. The normalized spacial score (nSPS) is 16.3. The SMILES string of the molecule is CN(CCNS(N)(=O)=O)/C(=N\S(=O)(=O)c1ccc(Cl)cc1)N1C[C@H](c2ccccc2)C(c2ccc(Cl)cc2)=N1. The highest BCUT2D eigenvalue weighted by Crippen LogP contribution is 2.30. The van der Waals surface area contributed by atoms with Crippen LogP contribution in [0.5, 0.6) is 0 Å². The Kier molecular flexibility index (Phi) is 8.94. The number of hydrogen-bond donors (Lipinski definition) is 2. The van der Waals surface area contributed by atoms with E-state index in [4.69, 9.17) is 33.4 Å². The molecule has 1 heterocycles. The predicted molar refractivity (Wildman–Crippen MR) is 154 cm³/mol. The molecule has 0 radical (unpaired) electrons. The van der Waals surface area contributed by atoms with Crippen molar-refractivity contribution in [2.45, 2.75) is 10.8 Å². The van der Waals surface area contributed by atoms with E-state index in [0.29, 0.717) is 15.8 Å². The summed E-state index contributed by atoms with van der Waals surface area (Å²) in [6.07, 6.45) is 0. The highest BCUT2D eigenvalue weighted by atomic mass is 35.5. The van der Waals surface area contributed by atoms with Crippen LogP contribution in [0.25, 0.3) is 0 Å². The van der Waals surface area contributed by atoms with Crippen LogP contribution in [0.1, 0.15) is 17.0 Å². The van der Waals surface area contributed by atoms with E-state index in [-0.39, 0.29) is 36.4 Å². The third kappa shape index (κ3) is 7.56. The maximum absolute atomic E-state index is 13.3.